The summed E-state index contributed by atoms with van der Waals surface area (Å²) in [5.74, 6) is 0.998. The lowest BCUT2D eigenvalue weighted by atomic mass is 10.1. The summed E-state index contributed by atoms with van der Waals surface area (Å²) in [7, 11) is -2.27. The molecule has 208 valence electrons. The molecule has 3 aromatic carbocycles. The molecule has 0 fully saturated rings. The van der Waals surface area contributed by atoms with Crippen LogP contribution in [-0.2, 0) is 26.2 Å². The number of benzene rings is 3. The molecule has 0 heterocycles. The highest BCUT2D eigenvalue weighted by molar-refractivity contribution is 7.92. The van der Waals surface area contributed by atoms with Crippen LogP contribution in [0, 0.1) is 0 Å². The van der Waals surface area contributed by atoms with E-state index in [-0.39, 0.29) is 12.5 Å². The number of ether oxygens (including phenoxy) is 2. The van der Waals surface area contributed by atoms with Crippen LogP contribution in [0.5, 0.6) is 17.2 Å². The molecule has 0 aromatic heterocycles. The second kappa shape index (κ2) is 13.7. The molecule has 2 amide bonds. The van der Waals surface area contributed by atoms with Crippen molar-refractivity contribution in [3.05, 3.63) is 84.4 Å². The summed E-state index contributed by atoms with van der Waals surface area (Å²) in [4.78, 5) is 27.8. The van der Waals surface area contributed by atoms with Gasteiger partial charge in [-0.05, 0) is 67.4 Å². The van der Waals surface area contributed by atoms with Gasteiger partial charge in [-0.3, -0.25) is 13.9 Å². The zero-order chi connectivity index (χ0) is 28.4. The first-order valence-corrected chi connectivity index (χ1v) is 14.5. The number of para-hydroxylation sites is 1. The average molecular weight is 554 g/mol. The molecule has 0 spiro atoms. The van der Waals surface area contributed by atoms with E-state index in [1.54, 1.807) is 62.6 Å². The Kier molecular flexibility index (Phi) is 10.3. The molecule has 0 radical (unpaired) electrons. The molecular formula is C29H35N3O6S. The van der Waals surface area contributed by atoms with Crippen molar-refractivity contribution in [1.29, 1.82) is 0 Å². The van der Waals surface area contributed by atoms with Gasteiger partial charge in [-0.2, -0.15) is 0 Å². The first-order valence-electron chi connectivity index (χ1n) is 12.6. The van der Waals surface area contributed by atoms with Gasteiger partial charge in [0.05, 0.1) is 19.1 Å². The number of methoxy groups -OCH3 is 1. The van der Waals surface area contributed by atoms with Crippen LogP contribution in [-0.4, -0.2) is 57.6 Å². The normalized spacial score (nSPS) is 11.8. The zero-order valence-electron chi connectivity index (χ0n) is 22.7. The molecule has 39 heavy (non-hydrogen) atoms. The van der Waals surface area contributed by atoms with Crippen molar-refractivity contribution in [2.45, 2.75) is 32.9 Å². The Labute approximate surface area is 230 Å². The third-order valence-corrected chi connectivity index (χ3v) is 7.15. The molecule has 10 heteroatoms. The number of carbonyl (C=O) groups is 2. The van der Waals surface area contributed by atoms with Crippen molar-refractivity contribution in [2.75, 3.05) is 30.8 Å². The summed E-state index contributed by atoms with van der Waals surface area (Å²) in [6.45, 7) is 3.68. The third-order valence-electron chi connectivity index (χ3n) is 6.01. The van der Waals surface area contributed by atoms with E-state index >= 15 is 0 Å². The van der Waals surface area contributed by atoms with Crippen molar-refractivity contribution >= 4 is 27.5 Å². The highest BCUT2D eigenvalue weighted by atomic mass is 32.2. The average Bonchev–Trinajstić information content (AvgIpc) is 2.93. The molecule has 0 aliphatic carbocycles. The highest BCUT2D eigenvalue weighted by Gasteiger charge is 2.30. The number of hydrogen-bond donors (Lipinski definition) is 1. The van der Waals surface area contributed by atoms with Crippen molar-refractivity contribution in [3.8, 4) is 17.2 Å². The van der Waals surface area contributed by atoms with E-state index in [1.165, 1.54) is 4.90 Å². The second-order valence-corrected chi connectivity index (χ2v) is 10.9. The Balaban J connectivity index is 1.84. The van der Waals surface area contributed by atoms with E-state index in [1.807, 2.05) is 37.3 Å². The lowest BCUT2D eigenvalue weighted by Crippen LogP contribution is -2.51. The summed E-state index contributed by atoms with van der Waals surface area (Å²) >= 11 is 0. The van der Waals surface area contributed by atoms with Gasteiger partial charge in [0, 0.05) is 13.1 Å². The Morgan fingerprint density at radius 1 is 0.897 bits per heavy atom. The van der Waals surface area contributed by atoms with Gasteiger partial charge in [0.15, 0.2) is 0 Å². The molecule has 3 rings (SSSR count). The predicted molar refractivity (Wildman–Crippen MR) is 151 cm³/mol. The van der Waals surface area contributed by atoms with Crippen LogP contribution in [0.25, 0.3) is 0 Å². The monoisotopic (exact) mass is 553 g/mol. The highest BCUT2D eigenvalue weighted by Crippen LogP contribution is 2.26. The van der Waals surface area contributed by atoms with E-state index in [2.05, 4.69) is 5.32 Å². The van der Waals surface area contributed by atoms with Gasteiger partial charge in [-0.25, -0.2) is 8.42 Å². The zero-order valence-corrected chi connectivity index (χ0v) is 23.5. The number of rotatable bonds is 13. The van der Waals surface area contributed by atoms with Gasteiger partial charge >= 0.3 is 0 Å². The van der Waals surface area contributed by atoms with Gasteiger partial charge in [0.25, 0.3) is 0 Å². The molecule has 0 bridgehead atoms. The predicted octanol–water partition coefficient (Wildman–Crippen LogP) is 4.20. The van der Waals surface area contributed by atoms with Crippen LogP contribution in [0.2, 0.25) is 0 Å². The van der Waals surface area contributed by atoms with Crippen LogP contribution in [0.4, 0.5) is 5.69 Å². The maximum Gasteiger partial charge on any atom is 0.244 e. The maximum atomic E-state index is 13.6. The number of amides is 2. The number of hydrogen-bond acceptors (Lipinski definition) is 6. The number of carbonyl (C=O) groups excluding carboxylic acids is 2. The van der Waals surface area contributed by atoms with E-state index in [4.69, 9.17) is 9.47 Å². The van der Waals surface area contributed by atoms with Crippen LogP contribution in [0.3, 0.4) is 0 Å². The Bertz CT molecular complexity index is 1330. The smallest absolute Gasteiger partial charge is 0.244 e. The summed E-state index contributed by atoms with van der Waals surface area (Å²) in [6, 6.07) is 21.9. The SMILES string of the molecule is CCCNC(=O)[C@@H](C)N(Cc1ccc(OC)cc1)C(=O)CN(c1ccc(Oc2ccccc2)cc1)S(C)(=O)=O. The van der Waals surface area contributed by atoms with Crippen molar-refractivity contribution in [3.63, 3.8) is 0 Å². The molecule has 0 saturated heterocycles. The van der Waals surface area contributed by atoms with Crippen LogP contribution >= 0.6 is 0 Å². The standard InChI is InChI=1S/C29H35N3O6S/c1-5-19-30-29(34)22(2)31(20-23-11-15-25(37-3)16-12-23)28(33)21-32(39(4,35)36)24-13-17-27(18-14-24)38-26-9-7-6-8-10-26/h6-18,22H,5,19-21H2,1-4H3,(H,30,34)/t22-/m1/s1. The number of nitrogens with one attached hydrogen (secondary N) is 1. The molecular weight excluding hydrogens is 518 g/mol. The minimum absolute atomic E-state index is 0.116. The topological polar surface area (TPSA) is 105 Å². The van der Waals surface area contributed by atoms with Crippen LogP contribution in [0.1, 0.15) is 25.8 Å². The van der Waals surface area contributed by atoms with E-state index in [9.17, 15) is 18.0 Å². The lowest BCUT2D eigenvalue weighted by Gasteiger charge is -2.31. The molecule has 3 aromatic rings. The van der Waals surface area contributed by atoms with E-state index in [0.29, 0.717) is 29.5 Å². The fourth-order valence-corrected chi connectivity index (χ4v) is 4.67. The van der Waals surface area contributed by atoms with Gasteiger partial charge < -0.3 is 19.7 Å². The van der Waals surface area contributed by atoms with E-state index < -0.39 is 28.5 Å². The summed E-state index contributed by atoms with van der Waals surface area (Å²) in [6.07, 6.45) is 1.79. The minimum atomic E-state index is -3.83. The van der Waals surface area contributed by atoms with Crippen molar-refractivity contribution < 1.29 is 27.5 Å². The van der Waals surface area contributed by atoms with Gasteiger partial charge in [-0.15, -0.1) is 0 Å². The molecule has 0 unspecified atom stereocenters. The number of anilines is 1. The Morgan fingerprint density at radius 2 is 1.49 bits per heavy atom. The van der Waals surface area contributed by atoms with Gasteiger partial charge in [-0.1, -0.05) is 37.3 Å². The number of sulfonamides is 1. The van der Waals surface area contributed by atoms with Crippen LogP contribution < -0.4 is 19.1 Å². The summed E-state index contributed by atoms with van der Waals surface area (Å²) in [5, 5.41) is 2.81. The minimum Gasteiger partial charge on any atom is -0.497 e. The molecule has 1 atom stereocenters. The Morgan fingerprint density at radius 3 is 2.05 bits per heavy atom. The molecule has 9 nitrogen and oxygen atoms in total. The Hall–Kier alpha value is -4.05. The second-order valence-electron chi connectivity index (χ2n) is 9.02. The third kappa shape index (κ3) is 8.47. The lowest BCUT2D eigenvalue weighted by molar-refractivity contribution is -0.139. The maximum absolute atomic E-state index is 13.6. The summed E-state index contributed by atoms with van der Waals surface area (Å²) in [5.41, 5.74) is 1.08. The molecule has 0 aliphatic heterocycles. The largest absolute Gasteiger partial charge is 0.497 e. The fourth-order valence-electron chi connectivity index (χ4n) is 3.82. The quantitative estimate of drug-likeness (QED) is 0.340. The van der Waals surface area contributed by atoms with Gasteiger partial charge in [0.2, 0.25) is 21.8 Å². The molecule has 1 N–H and O–H groups in total. The van der Waals surface area contributed by atoms with Gasteiger partial charge in [0.1, 0.15) is 29.8 Å². The summed E-state index contributed by atoms with van der Waals surface area (Å²) < 4.78 is 37.6. The van der Waals surface area contributed by atoms with Crippen LogP contribution in [0.15, 0.2) is 78.9 Å². The van der Waals surface area contributed by atoms with E-state index in [0.717, 1.165) is 22.5 Å². The first kappa shape index (κ1) is 29.5. The first-order chi connectivity index (χ1) is 18.6. The van der Waals surface area contributed by atoms with Crippen molar-refractivity contribution in [2.24, 2.45) is 0 Å². The number of nitrogens with zero attached hydrogens (tertiary/aromatic N) is 2. The fraction of sp³-hybridized carbons (Fsp3) is 0.310. The molecule has 0 saturated carbocycles. The molecule has 0 aliphatic rings. The van der Waals surface area contributed by atoms with Crippen molar-refractivity contribution in [1.82, 2.24) is 10.2 Å².